The second-order valence-electron chi connectivity index (χ2n) is 20.4. The first-order chi connectivity index (χ1) is 40.1. The molecule has 0 radical (unpaired) electrons. The molecule has 0 spiro atoms. The molecule has 384 valence electrons. The summed E-state index contributed by atoms with van der Waals surface area (Å²) in [5.41, 5.74) is 18.7. The molecule has 12 aromatic rings. The Kier molecular flexibility index (Phi) is 10.6. The summed E-state index contributed by atoms with van der Waals surface area (Å²) >= 11 is 0. The first kappa shape index (κ1) is 46.1. The molecule has 0 saturated heterocycles. The minimum Gasteiger partial charge on any atom is -0.453 e. The highest BCUT2D eigenvalue weighted by molar-refractivity contribution is 5.98. The fourth-order valence-corrected chi connectivity index (χ4v) is 12.0. The summed E-state index contributed by atoms with van der Waals surface area (Å²) in [5, 5.41) is 0. The van der Waals surface area contributed by atoms with E-state index in [1.165, 1.54) is 0 Å². The first-order valence-corrected chi connectivity index (χ1v) is 27.1. The smallest absolute Gasteiger partial charge is 0.151 e. The lowest BCUT2D eigenvalue weighted by molar-refractivity contribution is 0.476. The Balaban J connectivity index is 0.978. The van der Waals surface area contributed by atoms with Crippen molar-refractivity contribution in [1.29, 1.82) is 0 Å². The molecule has 0 atom stereocenters. The molecule has 0 saturated carbocycles. The van der Waals surface area contributed by atoms with E-state index in [2.05, 4.69) is 189 Å². The van der Waals surface area contributed by atoms with Crippen molar-refractivity contribution in [2.24, 2.45) is 0 Å². The Morgan fingerprint density at radius 1 is 0.247 bits per heavy atom. The van der Waals surface area contributed by atoms with Crippen molar-refractivity contribution in [3.05, 3.63) is 273 Å². The number of rotatable bonds is 7. The van der Waals surface area contributed by atoms with Crippen LogP contribution in [0.4, 0.5) is 68.2 Å². The zero-order valence-electron chi connectivity index (χ0n) is 43.8. The van der Waals surface area contributed by atoms with E-state index in [0.29, 0.717) is 0 Å². The molecule has 9 nitrogen and oxygen atoms in total. The molecule has 0 N–H and O–H groups in total. The van der Waals surface area contributed by atoms with Crippen molar-refractivity contribution in [2.75, 3.05) is 19.6 Å². The molecular weight excluding hydrogens is 999 g/mol. The van der Waals surface area contributed by atoms with E-state index in [4.69, 9.17) is 18.9 Å². The van der Waals surface area contributed by atoms with E-state index in [-0.39, 0.29) is 0 Å². The van der Waals surface area contributed by atoms with Gasteiger partial charge in [-0.1, -0.05) is 97.1 Å². The van der Waals surface area contributed by atoms with E-state index in [0.717, 1.165) is 153 Å². The first-order valence-electron chi connectivity index (χ1n) is 27.1. The van der Waals surface area contributed by atoms with Gasteiger partial charge >= 0.3 is 0 Å². The van der Waals surface area contributed by atoms with Gasteiger partial charge in [-0.25, -0.2) is 0 Å². The van der Waals surface area contributed by atoms with Gasteiger partial charge < -0.3 is 38.5 Å². The third-order valence-corrected chi connectivity index (χ3v) is 15.6. The van der Waals surface area contributed by atoms with Crippen molar-refractivity contribution < 1.29 is 18.9 Å². The van der Waals surface area contributed by atoms with E-state index in [9.17, 15) is 0 Å². The number of anilines is 12. The molecule has 0 fully saturated rings. The van der Waals surface area contributed by atoms with Crippen LogP contribution in [0.5, 0.6) is 46.0 Å². The van der Waals surface area contributed by atoms with Gasteiger partial charge in [0.1, 0.15) is 0 Å². The van der Waals surface area contributed by atoms with Crippen molar-refractivity contribution in [3.63, 3.8) is 0 Å². The number of hydrogen-bond acceptors (Lipinski definition) is 9. The quantitative estimate of drug-likeness (QED) is 0.155. The van der Waals surface area contributed by atoms with Gasteiger partial charge in [-0.15, -0.1) is 0 Å². The fraction of sp³-hybridized carbons (Fsp3) is 0.0139. The van der Waals surface area contributed by atoms with Crippen molar-refractivity contribution in [2.45, 2.75) is 6.92 Å². The van der Waals surface area contributed by atoms with Crippen LogP contribution in [0.25, 0.3) is 33.4 Å². The highest BCUT2D eigenvalue weighted by atomic mass is 16.5. The highest BCUT2D eigenvalue weighted by Gasteiger charge is 2.33. The topological polar surface area (TPSA) is 62.8 Å². The number of aromatic nitrogens is 1. The average Bonchev–Trinajstić information content (AvgIpc) is 3.72. The number of hydrogen-bond donors (Lipinski definition) is 0. The molecule has 16 rings (SSSR count). The monoisotopic (exact) mass is 1050 g/mol. The standard InChI is InChI=1S/C72H47N5O4/c1-46-55(49-38-51(74-57-18-2-10-26-65(57)78-66-27-11-3-19-58(66)74)44-52(39-49)75-59-20-4-12-28-67(59)79-68-29-13-5-21-60(68)75)42-48(47-34-36-73-37-35-47)43-56(46)50-40-53(76-61-22-6-14-30-69(61)80-70-31-15-7-23-62(70)76)45-54(41-50)77-63-24-8-16-32-71(63)81-72-33-17-9-25-64(72)77/h2-45H,1H3. The number of benzene rings is 11. The maximum atomic E-state index is 6.62. The lowest BCUT2D eigenvalue weighted by Crippen LogP contribution is -2.18. The third kappa shape index (κ3) is 7.66. The Morgan fingerprint density at radius 2 is 0.481 bits per heavy atom. The predicted octanol–water partition coefficient (Wildman–Crippen LogP) is 20.7. The summed E-state index contributed by atoms with van der Waals surface area (Å²) in [6.07, 6.45) is 3.74. The van der Waals surface area contributed by atoms with Crippen molar-refractivity contribution in [1.82, 2.24) is 4.98 Å². The second-order valence-corrected chi connectivity index (χ2v) is 20.4. The van der Waals surface area contributed by atoms with Gasteiger partial charge in [0.05, 0.1) is 45.5 Å². The molecular formula is C72H47N5O4. The maximum Gasteiger partial charge on any atom is 0.151 e. The van der Waals surface area contributed by atoms with Gasteiger partial charge in [0.2, 0.25) is 0 Å². The summed E-state index contributed by atoms with van der Waals surface area (Å²) in [6, 6.07) is 88.9. The largest absolute Gasteiger partial charge is 0.453 e. The number of para-hydroxylation sites is 16. The third-order valence-electron chi connectivity index (χ3n) is 15.6. The Labute approximate surface area is 468 Å². The van der Waals surface area contributed by atoms with Gasteiger partial charge in [0.15, 0.2) is 46.0 Å². The SMILES string of the molecule is Cc1c(-c2cc(N3c4ccccc4Oc4ccccc43)cc(N3c4ccccc4Oc4ccccc43)c2)cc(-c2ccncc2)cc1-c1cc(N2c3ccccc3Oc3ccccc32)cc(N2c3ccccc3Oc3ccccc32)c1. The zero-order valence-corrected chi connectivity index (χ0v) is 43.8. The summed E-state index contributed by atoms with van der Waals surface area (Å²) < 4.78 is 26.5. The van der Waals surface area contributed by atoms with Gasteiger partial charge in [-0.3, -0.25) is 4.98 Å². The van der Waals surface area contributed by atoms with Crippen LogP contribution in [0.15, 0.2) is 267 Å². The molecule has 0 aliphatic carbocycles. The van der Waals surface area contributed by atoms with Crippen LogP contribution in [0, 0.1) is 6.92 Å². The zero-order chi connectivity index (χ0) is 53.5. The molecule has 0 bridgehead atoms. The van der Waals surface area contributed by atoms with Gasteiger partial charge in [-0.05, 0) is 204 Å². The van der Waals surface area contributed by atoms with Crippen molar-refractivity contribution in [3.8, 4) is 79.4 Å². The van der Waals surface area contributed by atoms with Crippen LogP contribution >= 0.6 is 0 Å². The van der Waals surface area contributed by atoms with Crippen LogP contribution in [0.2, 0.25) is 0 Å². The Bertz CT molecular complexity index is 3830. The lowest BCUT2D eigenvalue weighted by Gasteiger charge is -2.36. The minimum atomic E-state index is 0.773. The Morgan fingerprint density at radius 3 is 0.728 bits per heavy atom. The van der Waals surface area contributed by atoms with E-state index >= 15 is 0 Å². The van der Waals surface area contributed by atoms with Crippen LogP contribution in [0.1, 0.15) is 5.56 Å². The average molecular weight is 1050 g/mol. The summed E-state index contributed by atoms with van der Waals surface area (Å²) in [4.78, 5) is 13.8. The normalized spacial score (nSPS) is 13.0. The molecule has 0 amide bonds. The van der Waals surface area contributed by atoms with Crippen LogP contribution < -0.4 is 38.5 Å². The molecule has 4 aliphatic rings. The van der Waals surface area contributed by atoms with Crippen LogP contribution in [-0.2, 0) is 0 Å². The molecule has 0 unspecified atom stereocenters. The van der Waals surface area contributed by atoms with Gasteiger partial charge in [0.25, 0.3) is 0 Å². The molecule has 9 heteroatoms. The predicted molar refractivity (Wildman–Crippen MR) is 324 cm³/mol. The molecule has 11 aromatic carbocycles. The van der Waals surface area contributed by atoms with Crippen LogP contribution in [-0.4, -0.2) is 4.98 Å². The number of ether oxygens (including phenoxy) is 4. The van der Waals surface area contributed by atoms with E-state index in [1.54, 1.807) is 0 Å². The lowest BCUT2D eigenvalue weighted by atomic mass is 9.87. The number of pyridine rings is 1. The maximum absolute atomic E-state index is 6.62. The number of nitrogens with zero attached hydrogens (tertiary/aromatic N) is 5. The van der Waals surface area contributed by atoms with Crippen LogP contribution in [0.3, 0.4) is 0 Å². The number of fused-ring (bicyclic) bond motifs is 8. The van der Waals surface area contributed by atoms with E-state index < -0.39 is 0 Å². The van der Waals surface area contributed by atoms with Crippen molar-refractivity contribution >= 4 is 68.2 Å². The van der Waals surface area contributed by atoms with Gasteiger partial charge in [0, 0.05) is 35.1 Å². The molecule has 5 heterocycles. The molecule has 4 aliphatic heterocycles. The summed E-state index contributed by atoms with van der Waals surface area (Å²) in [7, 11) is 0. The van der Waals surface area contributed by atoms with E-state index in [1.807, 2.05) is 109 Å². The Hall–Kier alpha value is -11.0. The molecule has 81 heavy (non-hydrogen) atoms. The second kappa shape index (κ2) is 18.6. The fourth-order valence-electron chi connectivity index (χ4n) is 12.0. The summed E-state index contributed by atoms with van der Waals surface area (Å²) in [5.74, 6) is 6.19. The van der Waals surface area contributed by atoms with Gasteiger partial charge in [-0.2, -0.15) is 0 Å². The molecule has 1 aromatic heterocycles. The summed E-state index contributed by atoms with van der Waals surface area (Å²) in [6.45, 7) is 2.26. The highest BCUT2D eigenvalue weighted by Crippen LogP contribution is 2.58. The minimum absolute atomic E-state index is 0.773.